The maximum absolute atomic E-state index is 13.1. The topological polar surface area (TPSA) is 42.4 Å². The SMILES string of the molecule is CCOc1ccc(C(C)N(C)C(=O)c2cccc(-c3cc(C)ccn3)c2)cc1. The molecule has 28 heavy (non-hydrogen) atoms. The van der Waals surface area contributed by atoms with Crippen molar-refractivity contribution in [3.05, 3.63) is 83.6 Å². The van der Waals surface area contributed by atoms with Crippen LogP contribution in [0.4, 0.5) is 0 Å². The van der Waals surface area contributed by atoms with Gasteiger partial charge in [-0.2, -0.15) is 0 Å². The van der Waals surface area contributed by atoms with Crippen LogP contribution in [0, 0.1) is 6.92 Å². The first-order valence-electron chi connectivity index (χ1n) is 9.52. The minimum absolute atomic E-state index is 0.0177. The maximum Gasteiger partial charge on any atom is 0.254 e. The molecule has 3 rings (SSSR count). The van der Waals surface area contributed by atoms with Crippen LogP contribution in [0.15, 0.2) is 66.9 Å². The van der Waals surface area contributed by atoms with Gasteiger partial charge < -0.3 is 9.64 Å². The van der Waals surface area contributed by atoms with Crippen molar-refractivity contribution in [1.82, 2.24) is 9.88 Å². The molecule has 0 fully saturated rings. The van der Waals surface area contributed by atoms with E-state index in [-0.39, 0.29) is 11.9 Å². The molecular formula is C24H26N2O2. The highest BCUT2D eigenvalue weighted by Gasteiger charge is 2.19. The van der Waals surface area contributed by atoms with Gasteiger partial charge in [0.15, 0.2) is 0 Å². The van der Waals surface area contributed by atoms with E-state index in [1.54, 1.807) is 11.1 Å². The molecule has 1 unspecified atom stereocenters. The molecule has 144 valence electrons. The van der Waals surface area contributed by atoms with E-state index in [1.165, 1.54) is 0 Å². The molecule has 1 atom stereocenters. The maximum atomic E-state index is 13.1. The molecule has 0 aliphatic carbocycles. The fourth-order valence-corrected chi connectivity index (χ4v) is 3.12. The van der Waals surface area contributed by atoms with E-state index >= 15 is 0 Å². The summed E-state index contributed by atoms with van der Waals surface area (Å²) in [6, 6.07) is 19.5. The van der Waals surface area contributed by atoms with Crippen molar-refractivity contribution in [3.8, 4) is 17.0 Å². The van der Waals surface area contributed by atoms with Crippen LogP contribution < -0.4 is 4.74 Å². The summed E-state index contributed by atoms with van der Waals surface area (Å²) in [6.45, 7) is 6.66. The Labute approximate surface area is 166 Å². The van der Waals surface area contributed by atoms with Crippen molar-refractivity contribution in [2.45, 2.75) is 26.8 Å². The van der Waals surface area contributed by atoms with Gasteiger partial charge in [-0.3, -0.25) is 9.78 Å². The zero-order valence-electron chi connectivity index (χ0n) is 16.8. The van der Waals surface area contributed by atoms with Crippen molar-refractivity contribution in [1.29, 1.82) is 0 Å². The molecule has 1 heterocycles. The summed E-state index contributed by atoms with van der Waals surface area (Å²) in [5.41, 5.74) is 4.67. The Hall–Kier alpha value is -3.14. The van der Waals surface area contributed by atoms with Crippen LogP contribution in [0.1, 0.15) is 41.4 Å². The van der Waals surface area contributed by atoms with Crippen molar-refractivity contribution in [2.24, 2.45) is 0 Å². The van der Waals surface area contributed by atoms with Gasteiger partial charge in [0, 0.05) is 24.4 Å². The zero-order valence-corrected chi connectivity index (χ0v) is 16.8. The largest absolute Gasteiger partial charge is 0.494 e. The van der Waals surface area contributed by atoms with Crippen molar-refractivity contribution >= 4 is 5.91 Å². The highest BCUT2D eigenvalue weighted by atomic mass is 16.5. The number of amides is 1. The fraction of sp³-hybridized carbons (Fsp3) is 0.250. The van der Waals surface area contributed by atoms with Crippen LogP contribution >= 0.6 is 0 Å². The van der Waals surface area contributed by atoms with E-state index < -0.39 is 0 Å². The van der Waals surface area contributed by atoms with Gasteiger partial charge in [-0.1, -0.05) is 24.3 Å². The van der Waals surface area contributed by atoms with Crippen LogP contribution in [-0.4, -0.2) is 29.4 Å². The number of rotatable bonds is 6. The predicted octanol–water partition coefficient (Wildman–Crippen LogP) is 5.29. The van der Waals surface area contributed by atoms with Gasteiger partial charge in [-0.25, -0.2) is 0 Å². The number of ether oxygens (including phenoxy) is 1. The lowest BCUT2D eigenvalue weighted by molar-refractivity contribution is 0.0742. The predicted molar refractivity (Wildman–Crippen MR) is 113 cm³/mol. The monoisotopic (exact) mass is 374 g/mol. The highest BCUT2D eigenvalue weighted by Crippen LogP contribution is 2.25. The number of carbonyl (C=O) groups is 1. The molecule has 4 heteroatoms. The standard InChI is InChI=1S/C24H26N2O2/c1-5-28-22-11-9-19(10-12-22)18(3)26(4)24(27)21-8-6-7-20(16-21)23-15-17(2)13-14-25-23/h6-16,18H,5H2,1-4H3. The van der Waals surface area contributed by atoms with E-state index in [1.807, 2.05) is 88.5 Å². The highest BCUT2D eigenvalue weighted by molar-refractivity contribution is 5.95. The normalized spacial score (nSPS) is 11.7. The Morgan fingerprint density at radius 3 is 2.54 bits per heavy atom. The Balaban J connectivity index is 1.80. The molecule has 0 radical (unpaired) electrons. The number of hydrogen-bond donors (Lipinski definition) is 0. The Kier molecular flexibility index (Phi) is 6.09. The van der Waals surface area contributed by atoms with E-state index in [0.717, 1.165) is 28.1 Å². The molecule has 0 aliphatic heterocycles. The lowest BCUT2D eigenvalue weighted by Gasteiger charge is -2.26. The average molecular weight is 374 g/mol. The number of pyridine rings is 1. The van der Waals surface area contributed by atoms with Crippen LogP contribution in [0.5, 0.6) is 5.75 Å². The summed E-state index contributed by atoms with van der Waals surface area (Å²) < 4.78 is 5.49. The molecule has 1 aromatic heterocycles. The number of aromatic nitrogens is 1. The summed E-state index contributed by atoms with van der Waals surface area (Å²) in [5.74, 6) is 0.821. The van der Waals surface area contributed by atoms with Crippen molar-refractivity contribution in [3.63, 3.8) is 0 Å². The third kappa shape index (κ3) is 4.39. The second-order valence-electron chi connectivity index (χ2n) is 6.89. The Morgan fingerprint density at radius 1 is 1.11 bits per heavy atom. The third-order valence-electron chi connectivity index (χ3n) is 4.90. The van der Waals surface area contributed by atoms with Crippen LogP contribution in [0.25, 0.3) is 11.3 Å². The van der Waals surface area contributed by atoms with Gasteiger partial charge in [0.05, 0.1) is 18.3 Å². The number of benzene rings is 2. The lowest BCUT2D eigenvalue weighted by atomic mass is 10.0. The van der Waals surface area contributed by atoms with Crippen LogP contribution in [0.3, 0.4) is 0 Å². The number of nitrogens with zero attached hydrogens (tertiary/aromatic N) is 2. The second kappa shape index (κ2) is 8.70. The first-order chi connectivity index (χ1) is 13.5. The summed E-state index contributed by atoms with van der Waals surface area (Å²) >= 11 is 0. The Morgan fingerprint density at radius 2 is 1.86 bits per heavy atom. The molecule has 2 aromatic carbocycles. The third-order valence-corrected chi connectivity index (χ3v) is 4.90. The molecule has 0 N–H and O–H groups in total. The summed E-state index contributed by atoms with van der Waals surface area (Å²) in [6.07, 6.45) is 1.79. The molecular weight excluding hydrogens is 348 g/mol. The first kappa shape index (κ1) is 19.6. The number of aryl methyl sites for hydroxylation is 1. The van der Waals surface area contributed by atoms with Crippen LogP contribution in [0.2, 0.25) is 0 Å². The molecule has 0 saturated heterocycles. The molecule has 0 spiro atoms. The fourth-order valence-electron chi connectivity index (χ4n) is 3.12. The van der Waals surface area contributed by atoms with Gasteiger partial charge >= 0.3 is 0 Å². The molecule has 0 saturated carbocycles. The molecule has 3 aromatic rings. The molecule has 1 amide bonds. The van der Waals surface area contributed by atoms with Crippen molar-refractivity contribution in [2.75, 3.05) is 13.7 Å². The molecule has 4 nitrogen and oxygen atoms in total. The minimum Gasteiger partial charge on any atom is -0.494 e. The molecule has 0 bridgehead atoms. The zero-order chi connectivity index (χ0) is 20.1. The van der Waals surface area contributed by atoms with Crippen LogP contribution in [-0.2, 0) is 0 Å². The number of hydrogen-bond acceptors (Lipinski definition) is 3. The van der Waals surface area contributed by atoms with Crippen molar-refractivity contribution < 1.29 is 9.53 Å². The van der Waals surface area contributed by atoms with E-state index in [0.29, 0.717) is 12.2 Å². The van der Waals surface area contributed by atoms with Gasteiger partial charge in [-0.15, -0.1) is 0 Å². The van der Waals surface area contributed by atoms with E-state index in [2.05, 4.69) is 4.98 Å². The Bertz CT molecular complexity index is 951. The smallest absolute Gasteiger partial charge is 0.254 e. The van der Waals surface area contributed by atoms with Gasteiger partial charge in [-0.05, 0) is 68.3 Å². The summed E-state index contributed by atoms with van der Waals surface area (Å²) in [7, 11) is 1.83. The quantitative estimate of drug-likeness (QED) is 0.589. The molecule has 0 aliphatic rings. The van der Waals surface area contributed by atoms with Gasteiger partial charge in [0.25, 0.3) is 5.91 Å². The first-order valence-corrected chi connectivity index (χ1v) is 9.52. The van der Waals surface area contributed by atoms with E-state index in [4.69, 9.17) is 4.74 Å². The summed E-state index contributed by atoms with van der Waals surface area (Å²) in [5, 5.41) is 0. The second-order valence-corrected chi connectivity index (χ2v) is 6.89. The number of carbonyl (C=O) groups excluding carboxylic acids is 1. The average Bonchev–Trinajstić information content (AvgIpc) is 2.73. The van der Waals surface area contributed by atoms with E-state index in [9.17, 15) is 4.79 Å². The summed E-state index contributed by atoms with van der Waals surface area (Å²) in [4.78, 5) is 19.2. The van der Waals surface area contributed by atoms with Gasteiger partial charge in [0.1, 0.15) is 5.75 Å². The lowest BCUT2D eigenvalue weighted by Crippen LogP contribution is -2.29. The minimum atomic E-state index is -0.0519. The van der Waals surface area contributed by atoms with Gasteiger partial charge in [0.2, 0.25) is 0 Å².